The molecule has 1 aromatic rings. The van der Waals surface area contributed by atoms with Gasteiger partial charge in [0.2, 0.25) is 0 Å². The maximum atomic E-state index is 11.7. The largest absolute Gasteiger partial charge is 0.497 e. The van der Waals surface area contributed by atoms with Crippen molar-refractivity contribution in [3.05, 3.63) is 29.8 Å². The van der Waals surface area contributed by atoms with E-state index >= 15 is 0 Å². The lowest BCUT2D eigenvalue weighted by Crippen LogP contribution is -2.11. The van der Waals surface area contributed by atoms with E-state index < -0.39 is 9.84 Å². The van der Waals surface area contributed by atoms with E-state index in [1.54, 1.807) is 14.0 Å². The maximum absolute atomic E-state index is 11.7. The second kappa shape index (κ2) is 7.28. The molecule has 0 saturated carbocycles. The standard InChI is InChI=1S/C14H20O4S/c1-3-19(16,17)10-4-5-13(15)11-12-6-8-14(18-2)9-7-12/h6-9H,3-5,10-11H2,1-2H3. The molecule has 0 heterocycles. The van der Waals surface area contributed by atoms with Gasteiger partial charge in [0.05, 0.1) is 12.9 Å². The minimum absolute atomic E-state index is 0.0662. The van der Waals surface area contributed by atoms with Crippen molar-refractivity contribution in [2.24, 2.45) is 0 Å². The average Bonchev–Trinajstić information content (AvgIpc) is 2.39. The molecule has 0 fully saturated rings. The summed E-state index contributed by atoms with van der Waals surface area (Å²) in [6.45, 7) is 1.62. The van der Waals surface area contributed by atoms with Crippen molar-refractivity contribution in [3.63, 3.8) is 0 Å². The molecule has 4 nitrogen and oxygen atoms in total. The summed E-state index contributed by atoms with van der Waals surface area (Å²) in [6, 6.07) is 7.31. The summed E-state index contributed by atoms with van der Waals surface area (Å²) in [5, 5.41) is 0. The van der Waals surface area contributed by atoms with E-state index in [1.165, 1.54) is 0 Å². The Morgan fingerprint density at radius 1 is 1.21 bits per heavy atom. The molecule has 0 aromatic heterocycles. The third kappa shape index (κ3) is 5.87. The van der Waals surface area contributed by atoms with E-state index in [4.69, 9.17) is 4.74 Å². The van der Waals surface area contributed by atoms with Crippen molar-refractivity contribution >= 4 is 15.6 Å². The summed E-state index contributed by atoms with van der Waals surface area (Å²) < 4.78 is 27.6. The summed E-state index contributed by atoms with van der Waals surface area (Å²) in [5.74, 6) is 1.05. The quantitative estimate of drug-likeness (QED) is 0.733. The summed E-state index contributed by atoms with van der Waals surface area (Å²) in [6.07, 6.45) is 1.06. The molecule has 0 atom stereocenters. The summed E-state index contributed by atoms with van der Waals surface area (Å²) in [7, 11) is -1.37. The molecular weight excluding hydrogens is 264 g/mol. The summed E-state index contributed by atoms with van der Waals surface area (Å²) in [5.41, 5.74) is 0.921. The fourth-order valence-corrected chi connectivity index (χ4v) is 2.57. The van der Waals surface area contributed by atoms with Crippen LogP contribution in [0.1, 0.15) is 25.3 Å². The summed E-state index contributed by atoms with van der Waals surface area (Å²) >= 11 is 0. The molecule has 5 heteroatoms. The monoisotopic (exact) mass is 284 g/mol. The zero-order valence-corrected chi connectivity index (χ0v) is 12.2. The smallest absolute Gasteiger partial charge is 0.150 e. The van der Waals surface area contributed by atoms with Gasteiger partial charge >= 0.3 is 0 Å². The number of ketones is 1. The highest BCUT2D eigenvalue weighted by Crippen LogP contribution is 2.12. The number of sulfone groups is 1. The third-order valence-corrected chi connectivity index (χ3v) is 4.70. The van der Waals surface area contributed by atoms with E-state index in [1.807, 2.05) is 24.3 Å². The van der Waals surface area contributed by atoms with Gasteiger partial charge in [0, 0.05) is 18.6 Å². The zero-order chi connectivity index (χ0) is 14.3. The minimum atomic E-state index is -2.97. The third-order valence-electron chi connectivity index (χ3n) is 2.91. The number of methoxy groups -OCH3 is 1. The lowest BCUT2D eigenvalue weighted by molar-refractivity contribution is -0.118. The maximum Gasteiger partial charge on any atom is 0.150 e. The first-order valence-corrected chi connectivity index (χ1v) is 8.14. The van der Waals surface area contributed by atoms with Crippen LogP contribution in [0.5, 0.6) is 5.75 Å². The van der Waals surface area contributed by atoms with Crippen LogP contribution in [-0.2, 0) is 21.1 Å². The van der Waals surface area contributed by atoms with Gasteiger partial charge in [-0.15, -0.1) is 0 Å². The zero-order valence-electron chi connectivity index (χ0n) is 11.4. The molecule has 0 amide bonds. The second-order valence-electron chi connectivity index (χ2n) is 4.40. The van der Waals surface area contributed by atoms with Gasteiger partial charge < -0.3 is 4.74 Å². The highest BCUT2D eigenvalue weighted by atomic mass is 32.2. The van der Waals surface area contributed by atoms with Crippen molar-refractivity contribution in [2.45, 2.75) is 26.2 Å². The average molecular weight is 284 g/mol. The lowest BCUT2D eigenvalue weighted by atomic mass is 10.1. The van der Waals surface area contributed by atoms with Gasteiger partial charge in [-0.1, -0.05) is 19.1 Å². The van der Waals surface area contributed by atoms with Crippen LogP contribution >= 0.6 is 0 Å². The van der Waals surface area contributed by atoms with Gasteiger partial charge in [-0.05, 0) is 24.1 Å². The SMILES string of the molecule is CCS(=O)(=O)CCCC(=O)Cc1ccc(OC)cc1. The Morgan fingerprint density at radius 2 is 1.84 bits per heavy atom. The molecule has 0 spiro atoms. The molecule has 1 rings (SSSR count). The molecule has 0 aliphatic carbocycles. The van der Waals surface area contributed by atoms with E-state index in [0.29, 0.717) is 19.3 Å². The van der Waals surface area contributed by atoms with E-state index in [2.05, 4.69) is 0 Å². The fourth-order valence-electron chi connectivity index (χ4n) is 1.69. The molecule has 106 valence electrons. The molecule has 0 radical (unpaired) electrons. The van der Waals surface area contributed by atoms with Crippen LogP contribution < -0.4 is 4.74 Å². The van der Waals surface area contributed by atoms with Crippen LogP contribution in [-0.4, -0.2) is 32.8 Å². The summed E-state index contributed by atoms with van der Waals surface area (Å²) in [4.78, 5) is 11.7. The van der Waals surface area contributed by atoms with Crippen LogP contribution in [0, 0.1) is 0 Å². The van der Waals surface area contributed by atoms with Gasteiger partial charge in [-0.3, -0.25) is 4.79 Å². The Labute approximate surface area is 114 Å². The Morgan fingerprint density at radius 3 is 2.37 bits per heavy atom. The Balaban J connectivity index is 2.38. The van der Waals surface area contributed by atoms with Crippen molar-refractivity contribution in [3.8, 4) is 5.75 Å². The van der Waals surface area contributed by atoms with Crippen molar-refractivity contribution in [1.29, 1.82) is 0 Å². The highest BCUT2D eigenvalue weighted by molar-refractivity contribution is 7.91. The minimum Gasteiger partial charge on any atom is -0.497 e. The van der Waals surface area contributed by atoms with Gasteiger partial charge in [0.1, 0.15) is 21.4 Å². The fraction of sp³-hybridized carbons (Fsp3) is 0.500. The molecule has 1 aromatic carbocycles. The molecule has 0 aliphatic heterocycles. The molecule has 0 aliphatic rings. The van der Waals surface area contributed by atoms with Crippen LogP contribution in [0.15, 0.2) is 24.3 Å². The normalized spacial score (nSPS) is 11.3. The number of hydrogen-bond donors (Lipinski definition) is 0. The molecule has 0 bridgehead atoms. The number of hydrogen-bond acceptors (Lipinski definition) is 4. The van der Waals surface area contributed by atoms with Crippen LogP contribution in [0.4, 0.5) is 0 Å². The predicted molar refractivity (Wildman–Crippen MR) is 75.3 cm³/mol. The van der Waals surface area contributed by atoms with Gasteiger partial charge in [0.25, 0.3) is 0 Å². The molecule has 0 saturated heterocycles. The number of ether oxygens (including phenoxy) is 1. The van der Waals surface area contributed by atoms with E-state index in [9.17, 15) is 13.2 Å². The van der Waals surface area contributed by atoms with Crippen molar-refractivity contribution < 1.29 is 17.9 Å². The van der Waals surface area contributed by atoms with Crippen LogP contribution in [0.3, 0.4) is 0 Å². The van der Waals surface area contributed by atoms with Gasteiger partial charge in [0.15, 0.2) is 0 Å². The van der Waals surface area contributed by atoms with Crippen molar-refractivity contribution in [1.82, 2.24) is 0 Å². The highest BCUT2D eigenvalue weighted by Gasteiger charge is 2.09. The number of carbonyl (C=O) groups is 1. The van der Waals surface area contributed by atoms with Crippen LogP contribution in [0.2, 0.25) is 0 Å². The first kappa shape index (κ1) is 15.7. The topological polar surface area (TPSA) is 60.4 Å². The first-order valence-electron chi connectivity index (χ1n) is 6.32. The van der Waals surface area contributed by atoms with Crippen molar-refractivity contribution in [2.75, 3.05) is 18.6 Å². The predicted octanol–water partition coefficient (Wildman–Crippen LogP) is 2.02. The number of Topliss-reactive ketones (excluding diaryl/α,β-unsaturated/α-hetero) is 1. The number of benzene rings is 1. The molecule has 0 N–H and O–H groups in total. The van der Waals surface area contributed by atoms with E-state index in [0.717, 1.165) is 11.3 Å². The number of carbonyl (C=O) groups excluding carboxylic acids is 1. The number of rotatable bonds is 8. The Bertz CT molecular complexity index is 503. The molecule has 0 unspecified atom stereocenters. The first-order chi connectivity index (χ1) is 8.96. The lowest BCUT2D eigenvalue weighted by Gasteiger charge is -2.04. The van der Waals surface area contributed by atoms with Gasteiger partial charge in [-0.2, -0.15) is 0 Å². The second-order valence-corrected chi connectivity index (χ2v) is 6.88. The molecule has 19 heavy (non-hydrogen) atoms. The van der Waals surface area contributed by atoms with Gasteiger partial charge in [-0.25, -0.2) is 8.42 Å². The Kier molecular flexibility index (Phi) is 6.02. The van der Waals surface area contributed by atoms with E-state index in [-0.39, 0.29) is 17.3 Å². The molecular formula is C14H20O4S. The Hall–Kier alpha value is -1.36. The van der Waals surface area contributed by atoms with Crippen LogP contribution in [0.25, 0.3) is 0 Å².